The normalized spacial score (nSPS) is 20.8. The highest BCUT2D eigenvalue weighted by Gasteiger charge is 2.44. The van der Waals surface area contributed by atoms with Crippen LogP contribution in [-0.4, -0.2) is 29.3 Å². The molecule has 0 saturated carbocycles. The fourth-order valence-corrected chi connectivity index (χ4v) is 4.84. The number of aliphatic hydroxyl groups is 1. The summed E-state index contributed by atoms with van der Waals surface area (Å²) in [6, 6.07) is 24.1. The van der Waals surface area contributed by atoms with E-state index in [1.54, 1.807) is 0 Å². The number of carbonyl (C=O) groups is 1. The third-order valence-corrected chi connectivity index (χ3v) is 6.68. The molecule has 0 aromatic heterocycles. The average molecular weight is 443 g/mol. The largest absolute Gasteiger partial charge is 0.485 e. The minimum atomic E-state index is -0.738. The molecule has 0 saturated heterocycles. The highest BCUT2D eigenvalue weighted by atomic mass is 16.5. The lowest BCUT2D eigenvalue weighted by atomic mass is 9.85. The van der Waals surface area contributed by atoms with Crippen molar-refractivity contribution in [1.29, 1.82) is 0 Å². The molecule has 33 heavy (non-hydrogen) atoms. The number of carbonyl (C=O) groups excluding carboxylic acids is 1. The molecule has 5 rings (SSSR count). The van der Waals surface area contributed by atoms with E-state index in [9.17, 15) is 9.90 Å². The van der Waals surface area contributed by atoms with Gasteiger partial charge >= 0.3 is 0 Å². The second-order valence-electron chi connectivity index (χ2n) is 9.48. The van der Waals surface area contributed by atoms with Crippen LogP contribution >= 0.6 is 0 Å². The second kappa shape index (κ2) is 8.65. The number of rotatable bonds is 6. The maximum absolute atomic E-state index is 12.9. The molecule has 0 aliphatic carbocycles. The van der Waals surface area contributed by atoms with Gasteiger partial charge in [0.1, 0.15) is 17.5 Å². The summed E-state index contributed by atoms with van der Waals surface area (Å²) >= 11 is 0. The Morgan fingerprint density at radius 1 is 1.03 bits per heavy atom. The molecule has 0 bridgehead atoms. The first kappa shape index (κ1) is 21.7. The van der Waals surface area contributed by atoms with Gasteiger partial charge in [-0.2, -0.15) is 0 Å². The quantitative estimate of drug-likeness (QED) is 0.601. The Morgan fingerprint density at radius 2 is 1.70 bits per heavy atom. The zero-order valence-corrected chi connectivity index (χ0v) is 19.1. The van der Waals surface area contributed by atoms with Crippen molar-refractivity contribution in [2.24, 2.45) is 0 Å². The Morgan fingerprint density at radius 3 is 2.39 bits per heavy atom. The maximum atomic E-state index is 12.9. The van der Waals surface area contributed by atoms with Gasteiger partial charge in [0.25, 0.3) is 0 Å². The van der Waals surface area contributed by atoms with Gasteiger partial charge in [0.15, 0.2) is 0 Å². The molecule has 0 radical (unpaired) electrons. The molecule has 3 aromatic rings. The first-order valence-electron chi connectivity index (χ1n) is 11.6. The van der Waals surface area contributed by atoms with Crippen LogP contribution in [0.3, 0.4) is 0 Å². The molecule has 2 aliphatic heterocycles. The number of benzene rings is 3. The van der Waals surface area contributed by atoms with Gasteiger partial charge in [-0.15, -0.1) is 0 Å². The molecule has 2 aliphatic rings. The zero-order chi connectivity index (χ0) is 23.0. The van der Waals surface area contributed by atoms with Gasteiger partial charge in [-0.25, -0.2) is 0 Å². The van der Waals surface area contributed by atoms with Gasteiger partial charge in [-0.3, -0.25) is 4.79 Å². The summed E-state index contributed by atoms with van der Waals surface area (Å²) < 4.78 is 6.22. The van der Waals surface area contributed by atoms with Gasteiger partial charge in [-0.1, -0.05) is 60.7 Å². The topological polar surface area (TPSA) is 61.8 Å². The van der Waals surface area contributed by atoms with E-state index in [0.717, 1.165) is 41.1 Å². The van der Waals surface area contributed by atoms with Crippen LogP contribution < -0.4 is 15.0 Å². The van der Waals surface area contributed by atoms with Crippen molar-refractivity contribution in [3.05, 3.63) is 95.1 Å². The third kappa shape index (κ3) is 4.26. The molecule has 2 atom stereocenters. The maximum Gasteiger partial charge on any atom is 0.231 e. The van der Waals surface area contributed by atoms with E-state index in [0.29, 0.717) is 13.0 Å². The van der Waals surface area contributed by atoms with Gasteiger partial charge in [0, 0.05) is 11.3 Å². The fraction of sp³-hybridized carbons (Fsp3) is 0.321. The highest BCUT2D eigenvalue weighted by molar-refractivity contribution is 6.01. The van der Waals surface area contributed by atoms with Crippen LogP contribution in [0.25, 0.3) is 0 Å². The number of amides is 1. The molecule has 2 unspecified atom stereocenters. The van der Waals surface area contributed by atoms with E-state index in [-0.39, 0.29) is 11.9 Å². The average Bonchev–Trinajstić information content (AvgIpc) is 3.10. The minimum absolute atomic E-state index is 0.0876. The summed E-state index contributed by atoms with van der Waals surface area (Å²) in [5.41, 5.74) is 4.39. The molecule has 3 aromatic carbocycles. The zero-order valence-electron chi connectivity index (χ0n) is 19.1. The van der Waals surface area contributed by atoms with Crippen molar-refractivity contribution in [2.45, 2.75) is 51.0 Å². The number of hydrogen-bond acceptors (Lipinski definition) is 4. The third-order valence-electron chi connectivity index (χ3n) is 6.68. The van der Waals surface area contributed by atoms with Crippen molar-refractivity contribution < 1.29 is 14.6 Å². The van der Waals surface area contributed by atoms with E-state index in [4.69, 9.17) is 4.74 Å². The van der Waals surface area contributed by atoms with E-state index >= 15 is 0 Å². The number of hydrogen-bond donors (Lipinski definition) is 2. The molecule has 0 fully saturated rings. The predicted molar refractivity (Wildman–Crippen MR) is 129 cm³/mol. The Hall–Kier alpha value is -3.15. The molecule has 5 heteroatoms. The number of nitrogens with one attached hydrogen (secondary N) is 1. The first-order chi connectivity index (χ1) is 15.9. The molecule has 1 amide bonds. The molecule has 2 N–H and O–H groups in total. The van der Waals surface area contributed by atoms with Crippen LogP contribution in [0, 0.1) is 0 Å². The number of anilines is 1. The van der Waals surface area contributed by atoms with Gasteiger partial charge in [-0.05, 0) is 55.6 Å². The molecule has 170 valence electrons. The Bertz CT molecular complexity index is 1140. The van der Waals surface area contributed by atoms with E-state index in [1.165, 1.54) is 5.56 Å². The summed E-state index contributed by atoms with van der Waals surface area (Å²) in [6.07, 6.45) is 0.511. The molecular formula is C28H30N2O3. The van der Waals surface area contributed by atoms with Crippen LogP contribution in [0.1, 0.15) is 42.1 Å². The lowest BCUT2D eigenvalue weighted by molar-refractivity contribution is -0.117. The second-order valence-corrected chi connectivity index (χ2v) is 9.48. The van der Waals surface area contributed by atoms with Crippen LogP contribution in [0.4, 0.5) is 5.69 Å². The monoisotopic (exact) mass is 442 g/mol. The molecule has 5 nitrogen and oxygen atoms in total. The molecular weight excluding hydrogens is 412 g/mol. The number of ether oxygens (including phenoxy) is 1. The number of fused-ring (bicyclic) bond motifs is 2. The molecule has 0 spiro atoms. The highest BCUT2D eigenvalue weighted by Crippen LogP contribution is 2.45. The van der Waals surface area contributed by atoms with Crippen molar-refractivity contribution >= 4 is 11.6 Å². The lowest BCUT2D eigenvalue weighted by Crippen LogP contribution is -2.52. The Labute approximate surface area is 195 Å². The molecule has 2 heterocycles. The van der Waals surface area contributed by atoms with Crippen LogP contribution in [0.2, 0.25) is 0 Å². The van der Waals surface area contributed by atoms with Crippen LogP contribution in [-0.2, 0) is 24.2 Å². The summed E-state index contributed by atoms with van der Waals surface area (Å²) in [5.74, 6) is 0.834. The van der Waals surface area contributed by atoms with Crippen LogP contribution in [0.5, 0.6) is 5.75 Å². The predicted octanol–water partition coefficient (Wildman–Crippen LogP) is 4.18. The SMILES string of the molecule is CC1(C)Oc2cc3c(cc2C(NCCc2ccccc2)C1O)N(Cc1ccccc1)C(=O)C3. The first-order valence-corrected chi connectivity index (χ1v) is 11.6. The van der Waals surface area contributed by atoms with Crippen molar-refractivity contribution in [1.82, 2.24) is 5.32 Å². The van der Waals surface area contributed by atoms with E-state index in [1.807, 2.05) is 79.4 Å². The fourth-order valence-electron chi connectivity index (χ4n) is 4.84. The summed E-state index contributed by atoms with van der Waals surface area (Å²) in [6.45, 7) is 5.08. The van der Waals surface area contributed by atoms with Gasteiger partial charge in [0.05, 0.1) is 19.0 Å². The smallest absolute Gasteiger partial charge is 0.231 e. The standard InChI is InChI=1S/C28H30N2O3/c1-28(2)27(32)26(29-14-13-19-9-5-3-6-10-19)22-17-23-21(15-24(22)33-28)16-25(31)30(23)18-20-11-7-4-8-12-20/h3-12,15,17,26-27,29,32H,13-14,16,18H2,1-2H3. The van der Waals surface area contributed by atoms with Crippen molar-refractivity contribution in [3.8, 4) is 5.75 Å². The Balaban J connectivity index is 1.44. The van der Waals surface area contributed by atoms with E-state index < -0.39 is 11.7 Å². The minimum Gasteiger partial charge on any atom is -0.485 e. The van der Waals surface area contributed by atoms with Crippen LogP contribution in [0.15, 0.2) is 72.8 Å². The van der Waals surface area contributed by atoms with Gasteiger partial charge in [0.2, 0.25) is 5.91 Å². The van der Waals surface area contributed by atoms with Crippen molar-refractivity contribution in [2.75, 3.05) is 11.4 Å². The number of aliphatic hydroxyl groups excluding tert-OH is 1. The van der Waals surface area contributed by atoms with Crippen molar-refractivity contribution in [3.63, 3.8) is 0 Å². The van der Waals surface area contributed by atoms with Gasteiger partial charge < -0.3 is 20.1 Å². The summed E-state index contributed by atoms with van der Waals surface area (Å²) in [4.78, 5) is 14.7. The Kier molecular flexibility index (Phi) is 5.69. The summed E-state index contributed by atoms with van der Waals surface area (Å²) in [7, 11) is 0. The lowest BCUT2D eigenvalue weighted by Gasteiger charge is -2.43. The summed E-state index contributed by atoms with van der Waals surface area (Å²) in [5, 5.41) is 14.7. The number of nitrogens with zero attached hydrogens (tertiary/aromatic N) is 1. The van der Waals surface area contributed by atoms with E-state index in [2.05, 4.69) is 17.4 Å².